The smallest absolute Gasteiger partial charge is 0.410 e. The zero-order valence-electron chi connectivity index (χ0n) is 23.0. The van der Waals surface area contributed by atoms with E-state index in [0.29, 0.717) is 18.9 Å². The largest absolute Gasteiger partial charge is 0.453 e. The molecule has 10 heteroatoms. The van der Waals surface area contributed by atoms with E-state index >= 15 is 0 Å². The van der Waals surface area contributed by atoms with E-state index in [1.165, 1.54) is 12.0 Å². The van der Waals surface area contributed by atoms with Gasteiger partial charge in [-0.25, -0.2) is 9.79 Å². The molecule has 208 valence electrons. The molecule has 1 atom stereocenters. The van der Waals surface area contributed by atoms with E-state index in [2.05, 4.69) is 23.3 Å². The average Bonchev–Trinajstić information content (AvgIpc) is 3.61. The van der Waals surface area contributed by atoms with Gasteiger partial charge in [-0.05, 0) is 48.4 Å². The molecule has 0 N–H and O–H groups in total. The Labute approximate surface area is 233 Å². The monoisotopic (exact) mass is 542 g/mol. The summed E-state index contributed by atoms with van der Waals surface area (Å²) in [6.45, 7) is 2.23. The van der Waals surface area contributed by atoms with Gasteiger partial charge in [0, 0.05) is 56.5 Å². The number of methoxy groups -OCH3 is 1. The second-order valence-electron chi connectivity index (χ2n) is 10.9. The van der Waals surface area contributed by atoms with Crippen molar-refractivity contribution >= 4 is 34.6 Å². The average molecular weight is 543 g/mol. The van der Waals surface area contributed by atoms with Gasteiger partial charge in [-0.2, -0.15) is 5.10 Å². The molecule has 10 nitrogen and oxygen atoms in total. The third-order valence-electron chi connectivity index (χ3n) is 8.16. The van der Waals surface area contributed by atoms with Crippen molar-refractivity contribution in [1.82, 2.24) is 24.5 Å². The fourth-order valence-electron chi connectivity index (χ4n) is 5.69. The predicted molar refractivity (Wildman–Crippen MR) is 150 cm³/mol. The van der Waals surface area contributed by atoms with E-state index in [-0.39, 0.29) is 43.3 Å². The standard InChI is InChI=1S/C30H34N6O4/c1-33-26-10-9-24(15-25(26)16-32-33)21-3-5-22(6-4-21)28-31-19-35(30(39)40-2)14-12-27(37)36(28)18-20-11-13-34(17-20)29(38)23-7-8-23/h3-6,9-10,15-16,20,23H,7-8,11-14,17-19H2,1-2H3/b31-28-/t20-/m1/s1. The number of aryl methyl sites for hydroxylation is 1. The molecule has 1 saturated carbocycles. The van der Waals surface area contributed by atoms with E-state index in [1.54, 1.807) is 4.90 Å². The number of carbonyl (C=O) groups excluding carboxylic acids is 3. The number of benzene rings is 2. The van der Waals surface area contributed by atoms with Crippen molar-refractivity contribution < 1.29 is 19.1 Å². The molecule has 3 aliphatic rings. The quantitative estimate of drug-likeness (QED) is 0.491. The number of hydrogen-bond donors (Lipinski definition) is 0. The number of likely N-dealkylation sites (tertiary alicyclic amines) is 1. The molecule has 1 aliphatic carbocycles. The molecule has 2 aliphatic heterocycles. The van der Waals surface area contributed by atoms with Crippen LogP contribution in [0.4, 0.5) is 4.79 Å². The van der Waals surface area contributed by atoms with Gasteiger partial charge >= 0.3 is 6.09 Å². The molecule has 3 aromatic rings. The highest BCUT2D eigenvalue weighted by molar-refractivity contribution is 6.08. The molecular formula is C30H34N6O4. The number of hydrogen-bond acceptors (Lipinski definition) is 6. The molecule has 3 amide bonds. The maximum absolute atomic E-state index is 13.5. The molecule has 0 unspecified atom stereocenters. The Balaban J connectivity index is 1.27. The Bertz CT molecular complexity index is 1480. The van der Waals surface area contributed by atoms with Crippen LogP contribution in [0.25, 0.3) is 22.0 Å². The molecule has 1 aromatic heterocycles. The first-order valence-corrected chi connectivity index (χ1v) is 13.9. The van der Waals surface area contributed by atoms with Crippen molar-refractivity contribution in [3.8, 4) is 11.1 Å². The fraction of sp³-hybridized carbons (Fsp3) is 0.433. The van der Waals surface area contributed by atoms with Crippen LogP contribution in [0.2, 0.25) is 0 Å². The van der Waals surface area contributed by atoms with E-state index in [0.717, 1.165) is 53.4 Å². The molecule has 1 saturated heterocycles. The minimum atomic E-state index is -0.504. The Morgan fingerprint density at radius 1 is 0.975 bits per heavy atom. The van der Waals surface area contributed by atoms with Crippen LogP contribution in [0, 0.1) is 11.8 Å². The number of aromatic nitrogens is 2. The summed E-state index contributed by atoms with van der Waals surface area (Å²) >= 11 is 0. The number of nitrogens with zero attached hydrogens (tertiary/aromatic N) is 6. The van der Waals surface area contributed by atoms with Gasteiger partial charge in [0.2, 0.25) is 11.8 Å². The summed E-state index contributed by atoms with van der Waals surface area (Å²) in [7, 11) is 3.26. The summed E-state index contributed by atoms with van der Waals surface area (Å²) in [6.07, 6.45) is 4.37. The highest BCUT2D eigenvalue weighted by Crippen LogP contribution is 2.33. The van der Waals surface area contributed by atoms with Crippen LogP contribution in [0.3, 0.4) is 0 Å². The van der Waals surface area contributed by atoms with Crippen LogP contribution in [-0.2, 0) is 21.4 Å². The lowest BCUT2D eigenvalue weighted by Gasteiger charge is -2.31. The highest BCUT2D eigenvalue weighted by atomic mass is 16.5. The number of amides is 3. The van der Waals surface area contributed by atoms with E-state index in [9.17, 15) is 14.4 Å². The van der Waals surface area contributed by atoms with Gasteiger partial charge in [0.05, 0.1) is 18.8 Å². The second-order valence-corrected chi connectivity index (χ2v) is 10.9. The summed E-state index contributed by atoms with van der Waals surface area (Å²) in [5.41, 5.74) is 3.98. The van der Waals surface area contributed by atoms with Crippen LogP contribution in [0.15, 0.2) is 53.7 Å². The van der Waals surface area contributed by atoms with Crippen molar-refractivity contribution in [1.29, 1.82) is 0 Å². The number of rotatable bonds is 5. The van der Waals surface area contributed by atoms with Gasteiger partial charge in [-0.3, -0.25) is 24.1 Å². The van der Waals surface area contributed by atoms with Gasteiger partial charge in [0.25, 0.3) is 0 Å². The lowest BCUT2D eigenvalue weighted by atomic mass is 10.0. The zero-order valence-corrected chi connectivity index (χ0v) is 23.0. The lowest BCUT2D eigenvalue weighted by Crippen LogP contribution is -2.46. The summed E-state index contributed by atoms with van der Waals surface area (Å²) < 4.78 is 6.75. The predicted octanol–water partition coefficient (Wildman–Crippen LogP) is 3.50. The third-order valence-corrected chi connectivity index (χ3v) is 8.16. The Hall–Kier alpha value is -4.21. The minimum Gasteiger partial charge on any atom is -0.453 e. The summed E-state index contributed by atoms with van der Waals surface area (Å²) in [6, 6.07) is 14.3. The van der Waals surface area contributed by atoms with Gasteiger partial charge in [-0.15, -0.1) is 0 Å². The molecule has 6 rings (SSSR count). The first-order chi connectivity index (χ1) is 19.4. The summed E-state index contributed by atoms with van der Waals surface area (Å²) in [5, 5.41) is 5.40. The number of fused-ring (bicyclic) bond motifs is 1. The number of carbonyl (C=O) groups is 3. The maximum atomic E-state index is 13.5. The van der Waals surface area contributed by atoms with E-state index < -0.39 is 6.09 Å². The second kappa shape index (κ2) is 10.7. The first-order valence-electron chi connectivity index (χ1n) is 13.9. The highest BCUT2D eigenvalue weighted by Gasteiger charge is 2.38. The Kier molecular flexibility index (Phi) is 7.00. The van der Waals surface area contributed by atoms with Crippen molar-refractivity contribution in [2.75, 3.05) is 40.0 Å². The van der Waals surface area contributed by atoms with Gasteiger partial charge in [-0.1, -0.05) is 30.3 Å². The van der Waals surface area contributed by atoms with Crippen LogP contribution < -0.4 is 0 Å². The van der Waals surface area contributed by atoms with Crippen LogP contribution in [-0.4, -0.2) is 88.2 Å². The van der Waals surface area contributed by atoms with E-state index in [4.69, 9.17) is 9.73 Å². The van der Waals surface area contributed by atoms with Crippen LogP contribution in [0.1, 0.15) is 31.2 Å². The fourth-order valence-corrected chi connectivity index (χ4v) is 5.69. The molecule has 0 spiro atoms. The third kappa shape index (κ3) is 5.17. The number of ether oxygens (including phenoxy) is 1. The summed E-state index contributed by atoms with van der Waals surface area (Å²) in [5.74, 6) is 1.08. The first kappa shape index (κ1) is 26.0. The zero-order chi connectivity index (χ0) is 27.8. The summed E-state index contributed by atoms with van der Waals surface area (Å²) in [4.78, 5) is 48.3. The van der Waals surface area contributed by atoms with Crippen molar-refractivity contribution in [2.45, 2.75) is 25.7 Å². The SMILES string of the molecule is COC(=O)N1CCC(=O)N(C[C@@H]2CCN(C(=O)C3CC3)C2)/C(c2ccc(-c3ccc4c(cnn4C)c3)cc2)=N\C1. The van der Waals surface area contributed by atoms with Gasteiger partial charge in [0.1, 0.15) is 12.5 Å². The van der Waals surface area contributed by atoms with Crippen LogP contribution >= 0.6 is 0 Å². The van der Waals surface area contributed by atoms with Crippen molar-refractivity contribution in [3.05, 3.63) is 54.2 Å². The molecular weight excluding hydrogens is 508 g/mol. The number of amidine groups is 1. The van der Waals surface area contributed by atoms with Gasteiger partial charge < -0.3 is 9.64 Å². The Morgan fingerprint density at radius 3 is 2.48 bits per heavy atom. The Morgan fingerprint density at radius 2 is 1.73 bits per heavy atom. The van der Waals surface area contributed by atoms with E-state index in [1.807, 2.05) is 47.1 Å². The molecule has 3 heterocycles. The minimum absolute atomic E-state index is 0.0922. The maximum Gasteiger partial charge on any atom is 0.410 e. The van der Waals surface area contributed by atoms with Crippen molar-refractivity contribution in [2.24, 2.45) is 23.9 Å². The van der Waals surface area contributed by atoms with Crippen LogP contribution in [0.5, 0.6) is 0 Å². The lowest BCUT2D eigenvalue weighted by molar-refractivity contribution is -0.131. The molecule has 0 radical (unpaired) electrons. The molecule has 2 aromatic carbocycles. The topological polar surface area (TPSA) is 100 Å². The molecule has 40 heavy (non-hydrogen) atoms. The van der Waals surface area contributed by atoms with Gasteiger partial charge in [0.15, 0.2) is 0 Å². The number of aliphatic imine (C=N–C) groups is 1. The molecule has 2 fully saturated rings. The van der Waals surface area contributed by atoms with Crippen molar-refractivity contribution in [3.63, 3.8) is 0 Å². The normalized spacial score (nSPS) is 21.2. The molecule has 0 bridgehead atoms.